The highest BCUT2D eigenvalue weighted by atomic mass is 19.1. The van der Waals surface area contributed by atoms with Crippen molar-refractivity contribution < 1.29 is 13.6 Å². The van der Waals surface area contributed by atoms with Gasteiger partial charge < -0.3 is 9.72 Å². The predicted molar refractivity (Wildman–Crippen MR) is 91.7 cm³/mol. The SMILES string of the molecule is Cc1cc(F)cc(C)c1-c1ccc2nc(NC(=O)[C@@H]3C[C@@H]3F)cn2c1. The minimum absolute atomic E-state index is 0.251. The first-order valence-corrected chi connectivity index (χ1v) is 8.13. The second-order valence-electron chi connectivity index (χ2n) is 6.57. The molecule has 1 saturated carbocycles. The molecular weight excluding hydrogens is 324 g/mol. The Labute approximate surface area is 143 Å². The van der Waals surface area contributed by atoms with E-state index in [1.807, 2.05) is 32.2 Å². The fraction of sp³-hybridized carbons (Fsp3) is 0.263. The van der Waals surface area contributed by atoms with Crippen LogP contribution in [0.5, 0.6) is 0 Å². The molecular formula is C19H17F2N3O. The lowest BCUT2D eigenvalue weighted by Gasteiger charge is -2.10. The van der Waals surface area contributed by atoms with E-state index in [-0.39, 0.29) is 18.1 Å². The van der Waals surface area contributed by atoms with Crippen molar-refractivity contribution in [2.75, 3.05) is 5.32 Å². The van der Waals surface area contributed by atoms with E-state index in [0.717, 1.165) is 22.3 Å². The molecule has 2 atom stereocenters. The van der Waals surface area contributed by atoms with Gasteiger partial charge in [-0.1, -0.05) is 0 Å². The van der Waals surface area contributed by atoms with Crippen LogP contribution < -0.4 is 5.32 Å². The van der Waals surface area contributed by atoms with Crippen LogP contribution in [0.2, 0.25) is 0 Å². The van der Waals surface area contributed by atoms with Gasteiger partial charge in [-0.2, -0.15) is 0 Å². The van der Waals surface area contributed by atoms with E-state index in [2.05, 4.69) is 10.3 Å². The third-order valence-corrected chi connectivity index (χ3v) is 4.54. The monoisotopic (exact) mass is 341 g/mol. The number of amides is 1. The Morgan fingerprint density at radius 2 is 1.92 bits per heavy atom. The molecule has 0 saturated heterocycles. The Bertz CT molecular complexity index is 972. The molecule has 4 rings (SSSR count). The zero-order valence-electron chi connectivity index (χ0n) is 13.9. The number of alkyl halides is 1. The lowest BCUT2D eigenvalue weighted by atomic mass is 9.97. The summed E-state index contributed by atoms with van der Waals surface area (Å²) in [6, 6.07) is 6.77. The maximum Gasteiger partial charge on any atom is 0.231 e. The lowest BCUT2D eigenvalue weighted by Crippen LogP contribution is -2.15. The summed E-state index contributed by atoms with van der Waals surface area (Å²) in [6.07, 6.45) is 2.83. The molecule has 0 spiro atoms. The minimum Gasteiger partial charge on any atom is -0.309 e. The van der Waals surface area contributed by atoms with Crippen molar-refractivity contribution in [3.63, 3.8) is 0 Å². The Balaban J connectivity index is 1.68. The summed E-state index contributed by atoms with van der Waals surface area (Å²) < 4.78 is 28.3. The molecule has 1 aliphatic rings. The van der Waals surface area contributed by atoms with Crippen molar-refractivity contribution in [1.29, 1.82) is 0 Å². The number of benzene rings is 1. The highest BCUT2D eigenvalue weighted by Gasteiger charge is 2.43. The highest BCUT2D eigenvalue weighted by molar-refractivity contribution is 5.94. The van der Waals surface area contributed by atoms with E-state index in [1.165, 1.54) is 12.1 Å². The Morgan fingerprint density at radius 1 is 1.24 bits per heavy atom. The summed E-state index contributed by atoms with van der Waals surface area (Å²) in [5, 5.41) is 2.65. The van der Waals surface area contributed by atoms with Crippen LogP contribution in [-0.2, 0) is 4.79 Å². The average molecular weight is 341 g/mol. The number of anilines is 1. The molecule has 1 aliphatic carbocycles. The number of hydrogen-bond acceptors (Lipinski definition) is 2. The van der Waals surface area contributed by atoms with Gasteiger partial charge in [0.2, 0.25) is 5.91 Å². The quantitative estimate of drug-likeness (QED) is 0.781. The molecule has 1 amide bonds. The number of hydrogen-bond donors (Lipinski definition) is 1. The molecule has 1 fully saturated rings. The molecule has 2 heterocycles. The smallest absolute Gasteiger partial charge is 0.231 e. The van der Waals surface area contributed by atoms with Crippen LogP contribution in [0.25, 0.3) is 16.8 Å². The largest absolute Gasteiger partial charge is 0.309 e. The van der Waals surface area contributed by atoms with Gasteiger partial charge in [-0.05, 0) is 66.8 Å². The van der Waals surface area contributed by atoms with E-state index in [0.29, 0.717) is 11.5 Å². The topological polar surface area (TPSA) is 46.4 Å². The molecule has 1 aromatic carbocycles. The van der Waals surface area contributed by atoms with E-state index < -0.39 is 12.1 Å². The zero-order valence-corrected chi connectivity index (χ0v) is 13.9. The van der Waals surface area contributed by atoms with Crippen LogP contribution >= 0.6 is 0 Å². The summed E-state index contributed by atoms with van der Waals surface area (Å²) >= 11 is 0. The van der Waals surface area contributed by atoms with Gasteiger partial charge in [0.1, 0.15) is 17.6 Å². The van der Waals surface area contributed by atoms with E-state index in [1.54, 1.807) is 10.6 Å². The summed E-state index contributed by atoms with van der Waals surface area (Å²) in [7, 11) is 0. The fourth-order valence-corrected chi connectivity index (χ4v) is 3.22. The van der Waals surface area contributed by atoms with Crippen LogP contribution in [0.15, 0.2) is 36.7 Å². The van der Waals surface area contributed by atoms with E-state index in [9.17, 15) is 13.6 Å². The number of nitrogens with one attached hydrogen (secondary N) is 1. The number of aromatic nitrogens is 2. The third kappa shape index (κ3) is 2.88. The molecule has 1 N–H and O–H groups in total. The van der Waals surface area contributed by atoms with Crippen molar-refractivity contribution >= 4 is 17.4 Å². The van der Waals surface area contributed by atoms with Crippen molar-refractivity contribution in [1.82, 2.24) is 9.38 Å². The van der Waals surface area contributed by atoms with Crippen molar-refractivity contribution in [3.8, 4) is 11.1 Å². The molecule has 4 nitrogen and oxygen atoms in total. The fourth-order valence-electron chi connectivity index (χ4n) is 3.22. The van der Waals surface area contributed by atoms with Crippen LogP contribution in [0.1, 0.15) is 17.5 Å². The number of halogens is 2. The Hall–Kier alpha value is -2.76. The molecule has 0 aliphatic heterocycles. The van der Waals surface area contributed by atoms with Gasteiger partial charge in [0.25, 0.3) is 0 Å². The predicted octanol–water partition coefficient (Wildman–Crippen LogP) is 4.05. The summed E-state index contributed by atoms with van der Waals surface area (Å²) in [5.74, 6) is -0.737. The van der Waals surface area contributed by atoms with Crippen LogP contribution in [0, 0.1) is 25.6 Å². The van der Waals surface area contributed by atoms with Gasteiger partial charge in [0.15, 0.2) is 5.82 Å². The normalized spacial score (nSPS) is 19.2. The van der Waals surface area contributed by atoms with Crippen molar-refractivity contribution in [3.05, 3.63) is 53.6 Å². The van der Waals surface area contributed by atoms with Gasteiger partial charge in [-0.25, -0.2) is 13.8 Å². The summed E-state index contributed by atoms with van der Waals surface area (Å²) in [6.45, 7) is 3.75. The maximum absolute atomic E-state index is 13.5. The molecule has 0 radical (unpaired) electrons. The summed E-state index contributed by atoms with van der Waals surface area (Å²) in [4.78, 5) is 16.2. The van der Waals surface area contributed by atoms with Crippen LogP contribution in [-0.4, -0.2) is 21.5 Å². The molecule has 128 valence electrons. The Morgan fingerprint density at radius 3 is 2.56 bits per heavy atom. The van der Waals surface area contributed by atoms with Crippen molar-refractivity contribution in [2.24, 2.45) is 5.92 Å². The number of aryl methyl sites for hydroxylation is 2. The van der Waals surface area contributed by atoms with Crippen LogP contribution in [0.3, 0.4) is 0 Å². The first kappa shape index (κ1) is 15.7. The number of pyridine rings is 1. The van der Waals surface area contributed by atoms with Gasteiger partial charge in [0, 0.05) is 6.20 Å². The molecule has 25 heavy (non-hydrogen) atoms. The van der Waals surface area contributed by atoms with E-state index >= 15 is 0 Å². The number of carbonyl (C=O) groups excluding carboxylic acids is 1. The van der Waals surface area contributed by atoms with E-state index in [4.69, 9.17) is 0 Å². The summed E-state index contributed by atoms with van der Waals surface area (Å²) in [5.41, 5.74) is 4.29. The second-order valence-corrected chi connectivity index (χ2v) is 6.57. The number of carbonyl (C=O) groups is 1. The Kier molecular flexibility index (Phi) is 3.56. The standard InChI is InChI=1S/C19H17F2N3O/c1-10-5-13(20)6-11(2)18(10)12-3-4-17-22-16(9-24(17)8-12)23-19(25)14-7-15(14)21/h3-6,8-9,14-15H,7H2,1-2H3,(H,23,25)/t14-,15+/m1/s1. The molecule has 0 unspecified atom stereocenters. The number of imidazole rings is 1. The second kappa shape index (κ2) is 5.65. The molecule has 6 heteroatoms. The molecule has 0 bridgehead atoms. The first-order chi connectivity index (χ1) is 11.9. The molecule has 3 aromatic rings. The average Bonchev–Trinajstić information content (AvgIpc) is 3.13. The van der Waals surface area contributed by atoms with Gasteiger partial charge in [-0.3, -0.25) is 4.79 Å². The number of fused-ring (bicyclic) bond motifs is 1. The highest BCUT2D eigenvalue weighted by Crippen LogP contribution is 2.34. The zero-order chi connectivity index (χ0) is 17.7. The van der Waals surface area contributed by atoms with Crippen LogP contribution in [0.4, 0.5) is 14.6 Å². The lowest BCUT2D eigenvalue weighted by molar-refractivity contribution is -0.117. The maximum atomic E-state index is 13.5. The number of nitrogens with zero attached hydrogens (tertiary/aromatic N) is 2. The van der Waals surface area contributed by atoms with Gasteiger partial charge in [0.05, 0.1) is 12.1 Å². The van der Waals surface area contributed by atoms with Gasteiger partial charge in [-0.15, -0.1) is 0 Å². The third-order valence-electron chi connectivity index (χ3n) is 4.54. The first-order valence-electron chi connectivity index (χ1n) is 8.13. The van der Waals surface area contributed by atoms with Crippen molar-refractivity contribution in [2.45, 2.75) is 26.4 Å². The number of rotatable bonds is 3. The molecule has 2 aromatic heterocycles. The minimum atomic E-state index is -1.03. The van der Waals surface area contributed by atoms with Gasteiger partial charge >= 0.3 is 0 Å².